The van der Waals surface area contributed by atoms with Crippen LogP contribution in [0.2, 0.25) is 0 Å². The van der Waals surface area contributed by atoms with Crippen molar-refractivity contribution in [1.82, 2.24) is 9.97 Å². The fraction of sp³-hybridized carbons (Fsp3) is 0.214. The highest BCUT2D eigenvalue weighted by Gasteiger charge is 2.18. The first-order chi connectivity index (χ1) is 15.4. The molecule has 0 spiro atoms. The number of hydrogen-bond acceptors (Lipinski definition) is 4. The topological polar surface area (TPSA) is 25.8 Å². The first-order valence-corrected chi connectivity index (χ1v) is 12.6. The molecule has 6 rings (SSSR count). The Bertz CT molecular complexity index is 1650. The molecule has 3 heterocycles. The van der Waals surface area contributed by atoms with Crippen molar-refractivity contribution in [3.05, 3.63) is 72.1 Å². The van der Waals surface area contributed by atoms with Gasteiger partial charge in [0, 0.05) is 15.6 Å². The van der Waals surface area contributed by atoms with Gasteiger partial charge in [-0.15, -0.1) is 22.7 Å². The third-order valence-electron chi connectivity index (χ3n) is 5.93. The molecule has 0 bridgehead atoms. The van der Waals surface area contributed by atoms with Crippen LogP contribution in [0.5, 0.6) is 0 Å². The summed E-state index contributed by atoms with van der Waals surface area (Å²) < 4.78 is 5.15. The smallest absolute Gasteiger partial charge is 0.116 e. The van der Waals surface area contributed by atoms with Crippen molar-refractivity contribution in [3.63, 3.8) is 0 Å². The number of hydrogen-bond donors (Lipinski definition) is 0. The molecule has 6 aromatic rings. The molecule has 0 aliphatic heterocycles. The molecule has 0 unspecified atom stereocenters. The molecule has 0 N–H and O–H groups in total. The van der Waals surface area contributed by atoms with Gasteiger partial charge < -0.3 is 0 Å². The lowest BCUT2D eigenvalue weighted by Crippen LogP contribution is -2.08. The largest absolute Gasteiger partial charge is 0.235 e. The normalized spacial score (nSPS) is 12.5. The molecule has 3 aromatic carbocycles. The van der Waals surface area contributed by atoms with E-state index in [-0.39, 0.29) is 5.41 Å². The number of aryl methyl sites for hydroxylation is 1. The molecule has 4 heteroatoms. The molecule has 0 saturated heterocycles. The predicted molar refractivity (Wildman–Crippen MR) is 141 cm³/mol. The number of thiophene rings is 2. The van der Waals surface area contributed by atoms with Crippen LogP contribution in [0.3, 0.4) is 0 Å². The highest BCUT2D eigenvalue weighted by atomic mass is 32.1. The number of aromatic nitrogens is 2. The second-order valence-corrected chi connectivity index (χ2v) is 12.0. The predicted octanol–water partition coefficient (Wildman–Crippen LogP) is 8.78. The molecule has 0 amide bonds. The molecule has 0 atom stereocenters. The summed E-state index contributed by atoms with van der Waals surface area (Å²) >= 11 is 3.69. The van der Waals surface area contributed by atoms with Crippen LogP contribution in [-0.4, -0.2) is 9.97 Å². The molecule has 0 saturated carbocycles. The summed E-state index contributed by atoms with van der Waals surface area (Å²) in [4.78, 5) is 9.45. The lowest BCUT2D eigenvalue weighted by atomic mass is 9.88. The van der Waals surface area contributed by atoms with Gasteiger partial charge in [0.1, 0.15) is 11.8 Å². The van der Waals surface area contributed by atoms with E-state index in [1.807, 2.05) is 22.7 Å². The Hall–Kier alpha value is -2.82. The SMILES string of the molecule is Cc1ccc2ccc(-c3ncnc4c3sc3c5cc(CC(C)(C)C)ccc5sc43)cc2c1. The van der Waals surface area contributed by atoms with Crippen molar-refractivity contribution in [3.8, 4) is 11.3 Å². The molecule has 0 aliphatic rings. The molecular weight excluding hydrogens is 428 g/mol. The van der Waals surface area contributed by atoms with Gasteiger partial charge in [-0.25, -0.2) is 9.97 Å². The van der Waals surface area contributed by atoms with Crippen LogP contribution in [0.1, 0.15) is 31.9 Å². The number of fused-ring (bicyclic) bond motifs is 6. The van der Waals surface area contributed by atoms with Gasteiger partial charge in [-0.05, 0) is 53.3 Å². The molecular formula is C28H24N2S2. The summed E-state index contributed by atoms with van der Waals surface area (Å²) in [6, 6.07) is 20.2. The van der Waals surface area contributed by atoms with E-state index in [0.29, 0.717) is 0 Å². The summed E-state index contributed by atoms with van der Waals surface area (Å²) in [5, 5.41) is 3.87. The third kappa shape index (κ3) is 3.30. The molecule has 0 radical (unpaired) electrons. The van der Waals surface area contributed by atoms with Crippen LogP contribution in [0.25, 0.3) is 51.7 Å². The third-order valence-corrected chi connectivity index (χ3v) is 8.46. The Morgan fingerprint density at radius 1 is 0.781 bits per heavy atom. The lowest BCUT2D eigenvalue weighted by Gasteiger charge is -2.18. The van der Waals surface area contributed by atoms with E-state index in [0.717, 1.165) is 23.2 Å². The van der Waals surface area contributed by atoms with Crippen molar-refractivity contribution < 1.29 is 0 Å². The van der Waals surface area contributed by atoms with Crippen molar-refractivity contribution in [2.45, 2.75) is 34.1 Å². The van der Waals surface area contributed by atoms with Crippen LogP contribution in [0.4, 0.5) is 0 Å². The maximum Gasteiger partial charge on any atom is 0.116 e. The molecule has 2 nitrogen and oxygen atoms in total. The quantitative estimate of drug-likeness (QED) is 0.262. The van der Waals surface area contributed by atoms with Crippen molar-refractivity contribution in [1.29, 1.82) is 0 Å². The maximum absolute atomic E-state index is 4.73. The lowest BCUT2D eigenvalue weighted by molar-refractivity contribution is 0.411. The van der Waals surface area contributed by atoms with Crippen molar-refractivity contribution in [2.24, 2.45) is 5.41 Å². The van der Waals surface area contributed by atoms with E-state index in [1.165, 1.54) is 46.1 Å². The summed E-state index contributed by atoms with van der Waals surface area (Å²) in [6.07, 6.45) is 2.80. The Kier molecular flexibility index (Phi) is 4.40. The Labute approximate surface area is 195 Å². The first-order valence-electron chi connectivity index (χ1n) is 11.0. The van der Waals surface area contributed by atoms with E-state index in [9.17, 15) is 0 Å². The van der Waals surface area contributed by atoms with Crippen LogP contribution >= 0.6 is 22.7 Å². The molecule has 0 fully saturated rings. The second kappa shape index (κ2) is 7.09. The first kappa shape index (κ1) is 19.8. The van der Waals surface area contributed by atoms with Gasteiger partial charge in [-0.3, -0.25) is 0 Å². The minimum absolute atomic E-state index is 0.274. The monoisotopic (exact) mass is 452 g/mol. The van der Waals surface area contributed by atoms with E-state index >= 15 is 0 Å². The van der Waals surface area contributed by atoms with Gasteiger partial charge >= 0.3 is 0 Å². The van der Waals surface area contributed by atoms with E-state index in [2.05, 4.69) is 82.3 Å². The average molecular weight is 453 g/mol. The van der Waals surface area contributed by atoms with Crippen molar-refractivity contribution >= 4 is 63.1 Å². The highest BCUT2D eigenvalue weighted by Crippen LogP contribution is 2.46. The van der Waals surface area contributed by atoms with Crippen LogP contribution < -0.4 is 0 Å². The minimum Gasteiger partial charge on any atom is -0.235 e. The maximum atomic E-state index is 4.73. The number of nitrogens with zero attached hydrogens (tertiary/aromatic N) is 2. The van der Waals surface area contributed by atoms with Crippen LogP contribution in [0, 0.1) is 12.3 Å². The van der Waals surface area contributed by atoms with Gasteiger partial charge in [0.05, 0.1) is 19.8 Å². The molecule has 3 aromatic heterocycles. The molecule has 158 valence electrons. The number of rotatable bonds is 2. The zero-order chi connectivity index (χ0) is 22.0. The van der Waals surface area contributed by atoms with Crippen molar-refractivity contribution in [2.75, 3.05) is 0 Å². The summed E-state index contributed by atoms with van der Waals surface area (Å²) in [5.41, 5.74) is 6.22. The number of benzene rings is 3. The standard InChI is InChI=1S/C28H24N2S2/c1-16-5-7-18-8-9-19(13-20(18)11-16)23-26-24(30-15-29-23)27-25(32-26)21-12-17(14-28(2,3)4)6-10-22(21)31-27/h5-13,15H,14H2,1-4H3. The minimum atomic E-state index is 0.274. The van der Waals surface area contributed by atoms with Gasteiger partial charge in [-0.2, -0.15) is 0 Å². The van der Waals surface area contributed by atoms with Gasteiger partial charge in [0.15, 0.2) is 0 Å². The van der Waals surface area contributed by atoms with E-state index < -0.39 is 0 Å². The Balaban J connectivity index is 1.56. The molecule has 32 heavy (non-hydrogen) atoms. The fourth-order valence-electron chi connectivity index (χ4n) is 4.56. The van der Waals surface area contributed by atoms with Gasteiger partial charge in [-0.1, -0.05) is 62.7 Å². The van der Waals surface area contributed by atoms with Gasteiger partial charge in [0.25, 0.3) is 0 Å². The Morgan fingerprint density at radius 3 is 2.47 bits per heavy atom. The summed E-state index contributed by atoms with van der Waals surface area (Å²) in [7, 11) is 0. The summed E-state index contributed by atoms with van der Waals surface area (Å²) in [6.45, 7) is 9.04. The van der Waals surface area contributed by atoms with E-state index in [4.69, 9.17) is 9.97 Å². The zero-order valence-corrected chi connectivity index (χ0v) is 20.3. The van der Waals surface area contributed by atoms with Crippen LogP contribution in [0.15, 0.2) is 60.9 Å². The zero-order valence-electron chi connectivity index (χ0n) is 18.7. The van der Waals surface area contributed by atoms with Gasteiger partial charge in [0.2, 0.25) is 0 Å². The second-order valence-electron chi connectivity index (χ2n) is 9.90. The highest BCUT2D eigenvalue weighted by molar-refractivity contribution is 7.36. The Morgan fingerprint density at radius 2 is 1.62 bits per heavy atom. The summed E-state index contributed by atoms with van der Waals surface area (Å²) in [5.74, 6) is 0. The van der Waals surface area contributed by atoms with E-state index in [1.54, 1.807) is 6.33 Å². The molecule has 0 aliphatic carbocycles. The fourth-order valence-corrected chi connectivity index (χ4v) is 7.21. The van der Waals surface area contributed by atoms with Crippen LogP contribution in [-0.2, 0) is 6.42 Å². The average Bonchev–Trinajstić information content (AvgIpc) is 3.28.